The number of imidazole rings is 1. The van der Waals surface area contributed by atoms with Crippen LogP contribution in [0.1, 0.15) is 0 Å². The van der Waals surface area contributed by atoms with Crippen molar-refractivity contribution < 1.29 is 29.3 Å². The molecule has 3 aromatic heterocycles. The summed E-state index contributed by atoms with van der Waals surface area (Å²) in [5.41, 5.74) is 10.2. The molecule has 0 aliphatic rings. The molecule has 62 heavy (non-hydrogen) atoms. The van der Waals surface area contributed by atoms with Crippen LogP contribution in [0.3, 0.4) is 0 Å². The zero-order valence-electron chi connectivity index (χ0n) is 33.2. The number of hydrogen-bond acceptors (Lipinski definition) is 5. The Morgan fingerprint density at radius 3 is 1.55 bits per heavy atom. The Hall–Kier alpha value is -7.71. The summed E-state index contributed by atoms with van der Waals surface area (Å²) in [6, 6.07) is 78.7. The van der Waals surface area contributed by atoms with Crippen molar-refractivity contribution in [3.63, 3.8) is 0 Å². The molecule has 0 saturated carbocycles. The number of pyridine rings is 2. The molecule has 0 aliphatic carbocycles. The van der Waals surface area contributed by atoms with Gasteiger partial charge in [0.15, 0.2) is 0 Å². The van der Waals surface area contributed by atoms with E-state index in [1.54, 1.807) is 12.3 Å². The first-order valence-corrected chi connectivity index (χ1v) is 19.8. The number of aromatic nitrogens is 4. The maximum Gasteiger partial charge on any atom is 4.00 e. The molecule has 0 spiro atoms. The first-order valence-electron chi connectivity index (χ1n) is 19.8. The van der Waals surface area contributed by atoms with Gasteiger partial charge >= 0.3 is 19.8 Å². The first kappa shape index (κ1) is 41.0. The Balaban J connectivity index is 0.000000233. The van der Waals surface area contributed by atoms with E-state index in [0.29, 0.717) is 23.1 Å². The molecule has 6 nitrogen and oxygen atoms in total. The molecule has 0 saturated heterocycles. The fraction of sp³-hybridized carbons (Fsp3) is 0. The van der Waals surface area contributed by atoms with Crippen LogP contribution in [0.5, 0.6) is 23.1 Å². The molecule has 0 aliphatic heterocycles. The third kappa shape index (κ3) is 9.83. The smallest absolute Gasteiger partial charge is 0.503 e. The Morgan fingerprint density at radius 1 is 0.419 bits per heavy atom. The van der Waals surface area contributed by atoms with Crippen molar-refractivity contribution in [1.29, 1.82) is 0 Å². The van der Waals surface area contributed by atoms with Crippen molar-refractivity contribution in [2.45, 2.75) is 0 Å². The zero-order chi connectivity index (χ0) is 41.1. The molecular formula is C55H36N4O2Os. The van der Waals surface area contributed by atoms with Gasteiger partial charge in [-0.1, -0.05) is 115 Å². The van der Waals surface area contributed by atoms with Gasteiger partial charge in [-0.3, -0.25) is 4.98 Å². The zero-order valence-corrected chi connectivity index (χ0v) is 35.8. The minimum atomic E-state index is 0. The number of para-hydroxylation sites is 1. The summed E-state index contributed by atoms with van der Waals surface area (Å²) in [6.45, 7) is 0. The number of rotatable bonds is 10. The third-order valence-electron chi connectivity index (χ3n) is 9.63. The molecule has 3 heterocycles. The molecule has 0 atom stereocenters. The van der Waals surface area contributed by atoms with E-state index >= 15 is 0 Å². The standard InChI is InChI=1S/C38H25N3O2.C17H11N.Os/c1-3-12-28(13-4-1)34-20-11-21-35(29-14-5-2-6-15-29)37(34)41-25-24-40-38(41)30-16-9-17-31(26-30)42-32-18-10-19-33(27-32)43-36-22-7-8-23-39-36;1-3-8-14(9-4-1)16-12-7-13-17(18-16)15-10-5-2-6-11-15;/h1-25H;1-8,10,12-13H;/q2*-2;+4. The summed E-state index contributed by atoms with van der Waals surface area (Å²) in [5, 5.41) is 0. The van der Waals surface area contributed by atoms with Crippen molar-refractivity contribution in [1.82, 2.24) is 19.5 Å². The summed E-state index contributed by atoms with van der Waals surface area (Å²) in [5.74, 6) is 2.79. The molecule has 0 unspecified atom stereocenters. The van der Waals surface area contributed by atoms with Crippen molar-refractivity contribution in [2.75, 3.05) is 0 Å². The molecule has 0 radical (unpaired) electrons. The van der Waals surface area contributed by atoms with Gasteiger partial charge in [0.05, 0.1) is 11.5 Å². The Labute approximate surface area is 374 Å². The predicted octanol–water partition coefficient (Wildman–Crippen LogP) is 13.5. The van der Waals surface area contributed by atoms with Gasteiger partial charge in [-0.25, -0.2) is 4.98 Å². The first-order chi connectivity index (χ1) is 30.2. The van der Waals surface area contributed by atoms with Crippen LogP contribution in [0.2, 0.25) is 0 Å². The number of ether oxygens (including phenoxy) is 2. The van der Waals surface area contributed by atoms with E-state index < -0.39 is 0 Å². The van der Waals surface area contributed by atoms with Gasteiger partial charge < -0.3 is 19.0 Å². The second-order valence-corrected chi connectivity index (χ2v) is 13.7. The Morgan fingerprint density at radius 2 is 0.952 bits per heavy atom. The molecule has 296 valence electrons. The van der Waals surface area contributed by atoms with Crippen molar-refractivity contribution in [2.24, 2.45) is 0 Å². The monoisotopic (exact) mass is 976 g/mol. The van der Waals surface area contributed by atoms with E-state index in [0.717, 1.165) is 61.8 Å². The SMILES string of the molecule is [Os+4].[c-]1c(Oc2[c-]c(-c3nccn3-c3c(-c4ccccc4)cccc3-c3ccccc3)ccc2)cccc1Oc1ccccn1.[c-]1ccccc1-c1cccc(-c2[c-]cccc2)n1. The topological polar surface area (TPSA) is 62.1 Å². The van der Waals surface area contributed by atoms with Gasteiger partial charge in [-0.2, -0.15) is 6.07 Å². The summed E-state index contributed by atoms with van der Waals surface area (Å²) in [4.78, 5) is 13.6. The van der Waals surface area contributed by atoms with Crippen molar-refractivity contribution >= 4 is 0 Å². The minimum absolute atomic E-state index is 0. The fourth-order valence-electron chi connectivity index (χ4n) is 6.85. The number of hydrogen-bond donors (Lipinski definition) is 0. The van der Waals surface area contributed by atoms with Crippen LogP contribution in [0.15, 0.2) is 219 Å². The molecule has 10 aromatic rings. The van der Waals surface area contributed by atoms with Crippen LogP contribution >= 0.6 is 0 Å². The van der Waals surface area contributed by atoms with E-state index in [4.69, 9.17) is 14.5 Å². The van der Waals surface area contributed by atoms with Gasteiger partial charge in [-0.05, 0) is 28.6 Å². The van der Waals surface area contributed by atoms with Gasteiger partial charge in [0.1, 0.15) is 0 Å². The van der Waals surface area contributed by atoms with Crippen LogP contribution < -0.4 is 9.47 Å². The minimum Gasteiger partial charge on any atom is -0.503 e. The van der Waals surface area contributed by atoms with Crippen LogP contribution in [0.25, 0.3) is 61.8 Å². The fourth-order valence-corrected chi connectivity index (χ4v) is 6.85. The molecule has 0 amide bonds. The second-order valence-electron chi connectivity index (χ2n) is 13.7. The van der Waals surface area contributed by atoms with Crippen LogP contribution in [0.4, 0.5) is 0 Å². The van der Waals surface area contributed by atoms with Gasteiger partial charge in [0.2, 0.25) is 5.88 Å². The predicted molar refractivity (Wildman–Crippen MR) is 241 cm³/mol. The maximum atomic E-state index is 6.18. The van der Waals surface area contributed by atoms with Crippen molar-refractivity contribution in [3.8, 4) is 85.0 Å². The van der Waals surface area contributed by atoms with E-state index in [-0.39, 0.29) is 19.8 Å². The molecule has 0 N–H and O–H groups in total. The maximum absolute atomic E-state index is 6.18. The van der Waals surface area contributed by atoms with E-state index in [9.17, 15) is 0 Å². The number of benzene rings is 7. The van der Waals surface area contributed by atoms with E-state index in [2.05, 4.69) is 106 Å². The van der Waals surface area contributed by atoms with Gasteiger partial charge in [-0.15, -0.1) is 108 Å². The molecule has 0 bridgehead atoms. The van der Waals surface area contributed by atoms with E-state index in [1.165, 1.54) is 0 Å². The van der Waals surface area contributed by atoms with Crippen LogP contribution in [0, 0.1) is 24.3 Å². The molecule has 7 heteroatoms. The molecular weight excluding hydrogens is 939 g/mol. The summed E-state index contributed by atoms with van der Waals surface area (Å²) >= 11 is 0. The second kappa shape index (κ2) is 20.0. The van der Waals surface area contributed by atoms with E-state index in [1.807, 2.05) is 140 Å². The molecule has 0 fully saturated rings. The molecule has 10 rings (SSSR count). The largest absolute Gasteiger partial charge is 4.00 e. The average Bonchev–Trinajstić information content (AvgIpc) is 3.83. The van der Waals surface area contributed by atoms with Gasteiger partial charge in [0, 0.05) is 53.0 Å². The average molecular weight is 975 g/mol. The molecule has 7 aromatic carbocycles. The Kier molecular flexibility index (Phi) is 13.3. The normalized spacial score (nSPS) is 10.5. The summed E-state index contributed by atoms with van der Waals surface area (Å²) < 4.78 is 14.1. The van der Waals surface area contributed by atoms with Crippen LogP contribution in [-0.4, -0.2) is 19.5 Å². The third-order valence-corrected chi connectivity index (χ3v) is 9.63. The van der Waals surface area contributed by atoms with Crippen LogP contribution in [-0.2, 0) is 19.8 Å². The number of nitrogens with zero attached hydrogens (tertiary/aromatic N) is 4. The van der Waals surface area contributed by atoms with Gasteiger partial charge in [0.25, 0.3) is 0 Å². The van der Waals surface area contributed by atoms with Crippen molar-refractivity contribution in [3.05, 3.63) is 243 Å². The summed E-state index contributed by atoms with van der Waals surface area (Å²) in [6.07, 6.45) is 5.50. The Bertz CT molecular complexity index is 2850. The summed E-state index contributed by atoms with van der Waals surface area (Å²) in [7, 11) is 0. The quantitative estimate of drug-likeness (QED) is 0.128.